The van der Waals surface area contributed by atoms with Gasteiger partial charge in [-0.3, -0.25) is 0 Å². The van der Waals surface area contributed by atoms with Crippen LogP contribution < -0.4 is 5.73 Å². The van der Waals surface area contributed by atoms with Gasteiger partial charge in [0, 0.05) is 31.5 Å². The number of hydrogen-bond acceptors (Lipinski definition) is 2. The summed E-state index contributed by atoms with van der Waals surface area (Å²) in [5.74, 6) is 0. The topological polar surface area (TPSA) is 51.2 Å². The van der Waals surface area contributed by atoms with Crippen LogP contribution in [0.3, 0.4) is 0 Å². The van der Waals surface area contributed by atoms with Gasteiger partial charge in [-0.1, -0.05) is 0 Å². The van der Waals surface area contributed by atoms with Crippen LogP contribution in [-0.2, 0) is 12.6 Å². The molecular weight excluding hydrogens is 140 g/mol. The van der Waals surface area contributed by atoms with Crippen molar-refractivity contribution in [2.75, 3.05) is 6.54 Å². The van der Waals surface area contributed by atoms with E-state index in [1.165, 1.54) is 0 Å². The lowest BCUT2D eigenvalue weighted by atomic mass is 10.00. The molecule has 1 aromatic heterocycles. The summed E-state index contributed by atoms with van der Waals surface area (Å²) >= 11 is 0. The molecule has 0 radical (unpaired) electrons. The zero-order valence-corrected chi connectivity index (χ0v) is 6.91. The lowest BCUT2D eigenvalue weighted by Gasteiger charge is -2.19. The summed E-state index contributed by atoms with van der Waals surface area (Å²) in [6.45, 7) is 1.96. The molecule has 0 saturated carbocycles. The first-order valence-electron chi connectivity index (χ1n) is 3.61. The first kappa shape index (κ1) is 8.30. The van der Waals surface area contributed by atoms with Gasteiger partial charge >= 0.3 is 0 Å². The van der Waals surface area contributed by atoms with Crippen LogP contribution in [0, 0.1) is 0 Å². The van der Waals surface area contributed by atoms with E-state index in [-0.39, 0.29) is 6.54 Å². The van der Waals surface area contributed by atoms with Crippen LogP contribution in [0.4, 0.5) is 0 Å². The Kier molecular flexibility index (Phi) is 2.02. The molecule has 0 bridgehead atoms. The van der Waals surface area contributed by atoms with Gasteiger partial charge in [-0.05, 0) is 13.0 Å². The Morgan fingerprint density at radius 3 is 2.73 bits per heavy atom. The fraction of sp³-hybridized carbons (Fsp3) is 0.500. The largest absolute Gasteiger partial charge is 0.384 e. The fourth-order valence-corrected chi connectivity index (χ4v) is 0.940. The minimum atomic E-state index is -0.888. The number of nitrogens with two attached hydrogens (primary N) is 1. The summed E-state index contributed by atoms with van der Waals surface area (Å²) in [6, 6.07) is 1.87. The Morgan fingerprint density at radius 1 is 1.73 bits per heavy atom. The maximum Gasteiger partial charge on any atom is 0.100 e. The van der Waals surface area contributed by atoms with Crippen molar-refractivity contribution >= 4 is 0 Å². The van der Waals surface area contributed by atoms with E-state index in [4.69, 9.17) is 5.73 Å². The lowest BCUT2D eigenvalue weighted by molar-refractivity contribution is 0.0668. The molecular formula is C8H14N2O. The highest BCUT2D eigenvalue weighted by Crippen LogP contribution is 2.18. The second-order valence-electron chi connectivity index (χ2n) is 3.04. The highest BCUT2D eigenvalue weighted by atomic mass is 16.3. The van der Waals surface area contributed by atoms with Crippen molar-refractivity contribution < 1.29 is 5.11 Å². The molecule has 3 N–H and O–H groups in total. The minimum Gasteiger partial charge on any atom is -0.384 e. The second kappa shape index (κ2) is 2.68. The molecule has 1 rings (SSSR count). The molecule has 3 nitrogen and oxygen atoms in total. The Bertz CT molecular complexity index is 240. The van der Waals surface area contributed by atoms with E-state index < -0.39 is 5.60 Å². The molecule has 1 atom stereocenters. The van der Waals surface area contributed by atoms with Crippen molar-refractivity contribution in [1.29, 1.82) is 0 Å². The van der Waals surface area contributed by atoms with Gasteiger partial charge in [-0.25, -0.2) is 0 Å². The van der Waals surface area contributed by atoms with Crippen LogP contribution in [0.15, 0.2) is 18.5 Å². The van der Waals surface area contributed by atoms with E-state index in [2.05, 4.69) is 0 Å². The molecule has 1 aromatic rings. The van der Waals surface area contributed by atoms with E-state index in [1.807, 2.05) is 30.1 Å². The monoisotopic (exact) mass is 154 g/mol. The average Bonchev–Trinajstić information content (AvgIpc) is 2.36. The predicted octanol–water partition coefficient (Wildman–Crippen LogP) is 0.191. The molecule has 0 fully saturated rings. The van der Waals surface area contributed by atoms with Gasteiger partial charge in [0.05, 0.1) is 0 Å². The molecule has 0 aliphatic heterocycles. The van der Waals surface area contributed by atoms with Crippen LogP contribution in [0.1, 0.15) is 12.5 Å². The van der Waals surface area contributed by atoms with E-state index in [1.54, 1.807) is 6.92 Å². The molecule has 0 aromatic carbocycles. The first-order valence-corrected chi connectivity index (χ1v) is 3.61. The quantitative estimate of drug-likeness (QED) is 0.639. The van der Waals surface area contributed by atoms with Gasteiger partial charge in [-0.2, -0.15) is 0 Å². The highest BCUT2D eigenvalue weighted by Gasteiger charge is 2.21. The third-order valence-corrected chi connectivity index (χ3v) is 1.85. The third kappa shape index (κ3) is 1.61. The molecule has 1 unspecified atom stereocenters. The molecule has 62 valence electrons. The number of aryl methyl sites for hydroxylation is 1. The lowest BCUT2D eigenvalue weighted by Crippen LogP contribution is -2.30. The highest BCUT2D eigenvalue weighted by molar-refractivity contribution is 5.18. The molecule has 11 heavy (non-hydrogen) atoms. The maximum absolute atomic E-state index is 9.67. The van der Waals surface area contributed by atoms with Crippen molar-refractivity contribution in [2.24, 2.45) is 12.8 Å². The normalized spacial score (nSPS) is 16.4. The van der Waals surface area contributed by atoms with E-state index in [9.17, 15) is 5.11 Å². The van der Waals surface area contributed by atoms with Crippen LogP contribution in [0.5, 0.6) is 0 Å². The zero-order valence-electron chi connectivity index (χ0n) is 6.91. The average molecular weight is 154 g/mol. The Labute approximate surface area is 66.4 Å². The standard InChI is InChI=1S/C8H14N2O/c1-8(11,6-9)7-3-4-10(2)5-7/h3-5,11H,6,9H2,1-2H3. The first-order chi connectivity index (χ1) is 5.06. The zero-order chi connectivity index (χ0) is 8.48. The third-order valence-electron chi connectivity index (χ3n) is 1.85. The van der Waals surface area contributed by atoms with E-state index in [0.29, 0.717) is 0 Å². The summed E-state index contributed by atoms with van der Waals surface area (Å²) < 4.78 is 1.89. The smallest absolute Gasteiger partial charge is 0.100 e. The number of aromatic nitrogens is 1. The van der Waals surface area contributed by atoms with Crippen LogP contribution in [-0.4, -0.2) is 16.2 Å². The van der Waals surface area contributed by atoms with Crippen molar-refractivity contribution in [2.45, 2.75) is 12.5 Å². The number of rotatable bonds is 2. The Hall–Kier alpha value is -0.800. The van der Waals surface area contributed by atoms with Crippen molar-refractivity contribution in [3.05, 3.63) is 24.0 Å². The maximum atomic E-state index is 9.67. The van der Waals surface area contributed by atoms with Crippen molar-refractivity contribution in [3.8, 4) is 0 Å². The van der Waals surface area contributed by atoms with Gasteiger partial charge in [-0.15, -0.1) is 0 Å². The second-order valence-corrected chi connectivity index (χ2v) is 3.04. The van der Waals surface area contributed by atoms with Crippen LogP contribution in [0.2, 0.25) is 0 Å². The predicted molar refractivity (Wildman–Crippen MR) is 44.0 cm³/mol. The van der Waals surface area contributed by atoms with Gasteiger partial charge in [0.15, 0.2) is 0 Å². The molecule has 0 saturated heterocycles. The number of aliphatic hydroxyl groups is 1. The van der Waals surface area contributed by atoms with Crippen molar-refractivity contribution in [1.82, 2.24) is 4.57 Å². The van der Waals surface area contributed by atoms with Crippen LogP contribution in [0.25, 0.3) is 0 Å². The van der Waals surface area contributed by atoms with Crippen LogP contribution >= 0.6 is 0 Å². The Morgan fingerprint density at radius 2 is 2.36 bits per heavy atom. The van der Waals surface area contributed by atoms with E-state index in [0.717, 1.165) is 5.56 Å². The summed E-state index contributed by atoms with van der Waals surface area (Å²) in [6.07, 6.45) is 3.76. The number of hydrogen-bond donors (Lipinski definition) is 2. The summed E-state index contributed by atoms with van der Waals surface area (Å²) in [4.78, 5) is 0. The summed E-state index contributed by atoms with van der Waals surface area (Å²) in [7, 11) is 1.91. The summed E-state index contributed by atoms with van der Waals surface area (Å²) in [5, 5.41) is 9.67. The molecule has 1 heterocycles. The molecule has 0 spiro atoms. The van der Waals surface area contributed by atoms with Gasteiger partial charge in [0.2, 0.25) is 0 Å². The molecule has 0 aliphatic carbocycles. The van der Waals surface area contributed by atoms with Gasteiger partial charge in [0.25, 0.3) is 0 Å². The minimum absolute atomic E-state index is 0.247. The molecule has 3 heteroatoms. The molecule has 0 aliphatic rings. The molecule has 0 amide bonds. The van der Waals surface area contributed by atoms with Gasteiger partial charge < -0.3 is 15.4 Å². The van der Waals surface area contributed by atoms with Gasteiger partial charge in [0.1, 0.15) is 5.60 Å². The Balaban J connectivity index is 2.92. The SMILES string of the molecule is Cn1ccc(C(C)(O)CN)c1. The summed E-state index contributed by atoms with van der Waals surface area (Å²) in [5.41, 5.74) is 5.36. The van der Waals surface area contributed by atoms with E-state index >= 15 is 0 Å². The number of nitrogens with zero attached hydrogens (tertiary/aromatic N) is 1. The fourth-order valence-electron chi connectivity index (χ4n) is 0.940. The van der Waals surface area contributed by atoms with Crippen molar-refractivity contribution in [3.63, 3.8) is 0 Å².